The van der Waals surface area contributed by atoms with Crippen LogP contribution in [0, 0.1) is 12.7 Å². The largest absolute Gasteiger partial charge is 0.495 e. The third kappa shape index (κ3) is 7.42. The third-order valence-electron chi connectivity index (χ3n) is 5.75. The van der Waals surface area contributed by atoms with Crippen molar-refractivity contribution in [2.75, 3.05) is 24.2 Å². The normalized spacial score (nSPS) is 13.0. The van der Waals surface area contributed by atoms with Gasteiger partial charge in [0.2, 0.25) is 21.8 Å². The van der Waals surface area contributed by atoms with Crippen molar-refractivity contribution in [3.8, 4) is 5.75 Å². The Bertz CT molecular complexity index is 1160. The standard InChI is InChI=1S/C25H34FN3O5S/c1-7-18(3)27-25(31)19(4)28(15-20-10-8-9-11-21(20)26)24(30)16-29(35(6,32)33)22-14-17(2)12-13-23(22)34-5/h8-14,18-19H,7,15-16H2,1-6H3,(H,27,31)/t18-,19+/m1/s1. The number of nitrogens with one attached hydrogen (secondary N) is 1. The molecule has 0 saturated carbocycles. The van der Waals surface area contributed by atoms with E-state index in [0.29, 0.717) is 6.42 Å². The first-order valence-electron chi connectivity index (χ1n) is 11.3. The Hall–Kier alpha value is -3.14. The molecule has 35 heavy (non-hydrogen) atoms. The Labute approximate surface area is 207 Å². The van der Waals surface area contributed by atoms with Gasteiger partial charge in [-0.1, -0.05) is 31.2 Å². The van der Waals surface area contributed by atoms with E-state index in [2.05, 4.69) is 5.32 Å². The summed E-state index contributed by atoms with van der Waals surface area (Å²) in [5, 5.41) is 2.83. The maximum Gasteiger partial charge on any atom is 0.244 e. The average molecular weight is 508 g/mol. The van der Waals surface area contributed by atoms with Crippen LogP contribution in [0.3, 0.4) is 0 Å². The average Bonchev–Trinajstić information content (AvgIpc) is 2.80. The molecule has 192 valence electrons. The monoisotopic (exact) mass is 507 g/mol. The quantitative estimate of drug-likeness (QED) is 0.504. The number of hydrogen-bond acceptors (Lipinski definition) is 5. The van der Waals surface area contributed by atoms with Gasteiger partial charge in [-0.15, -0.1) is 0 Å². The Morgan fingerprint density at radius 3 is 2.37 bits per heavy atom. The van der Waals surface area contributed by atoms with Gasteiger partial charge in [0.15, 0.2) is 0 Å². The molecule has 0 radical (unpaired) electrons. The highest BCUT2D eigenvalue weighted by atomic mass is 32.2. The first kappa shape index (κ1) is 28.1. The zero-order chi connectivity index (χ0) is 26.3. The number of carbonyl (C=O) groups is 2. The van der Waals surface area contributed by atoms with E-state index in [1.54, 1.807) is 31.2 Å². The molecule has 0 aliphatic heterocycles. The second-order valence-corrected chi connectivity index (χ2v) is 10.5. The number of benzene rings is 2. The van der Waals surface area contributed by atoms with E-state index in [4.69, 9.17) is 4.74 Å². The second-order valence-electron chi connectivity index (χ2n) is 8.55. The summed E-state index contributed by atoms with van der Waals surface area (Å²) >= 11 is 0. The number of nitrogens with zero attached hydrogens (tertiary/aromatic N) is 2. The fraction of sp³-hybridized carbons (Fsp3) is 0.440. The molecule has 0 aromatic heterocycles. The van der Waals surface area contributed by atoms with Gasteiger partial charge in [0.05, 0.1) is 19.1 Å². The Morgan fingerprint density at radius 1 is 1.14 bits per heavy atom. The molecule has 2 aromatic carbocycles. The van der Waals surface area contributed by atoms with Crippen LogP contribution in [-0.2, 0) is 26.2 Å². The van der Waals surface area contributed by atoms with Crippen molar-refractivity contribution in [2.45, 2.75) is 52.7 Å². The number of sulfonamides is 1. The number of carbonyl (C=O) groups excluding carboxylic acids is 2. The molecule has 0 fully saturated rings. The Morgan fingerprint density at radius 2 is 1.80 bits per heavy atom. The lowest BCUT2D eigenvalue weighted by Crippen LogP contribution is -2.52. The lowest BCUT2D eigenvalue weighted by molar-refractivity contribution is -0.139. The predicted molar refractivity (Wildman–Crippen MR) is 134 cm³/mol. The summed E-state index contributed by atoms with van der Waals surface area (Å²) in [6.07, 6.45) is 1.68. The molecule has 0 spiro atoms. The highest BCUT2D eigenvalue weighted by Crippen LogP contribution is 2.31. The van der Waals surface area contributed by atoms with Crippen molar-refractivity contribution in [3.63, 3.8) is 0 Å². The van der Waals surface area contributed by atoms with Crippen LogP contribution in [0.25, 0.3) is 0 Å². The summed E-state index contributed by atoms with van der Waals surface area (Å²) in [5.74, 6) is -1.32. The molecule has 2 aromatic rings. The van der Waals surface area contributed by atoms with Crippen LogP contribution >= 0.6 is 0 Å². The fourth-order valence-corrected chi connectivity index (χ4v) is 4.29. The summed E-state index contributed by atoms with van der Waals surface area (Å²) in [7, 11) is -2.51. The van der Waals surface area contributed by atoms with E-state index < -0.39 is 40.2 Å². The molecule has 2 amide bonds. The summed E-state index contributed by atoms with van der Waals surface area (Å²) < 4.78 is 46.2. The number of anilines is 1. The maximum atomic E-state index is 14.4. The summed E-state index contributed by atoms with van der Waals surface area (Å²) in [4.78, 5) is 27.6. The van der Waals surface area contributed by atoms with Gasteiger partial charge in [-0.25, -0.2) is 12.8 Å². The van der Waals surface area contributed by atoms with Crippen molar-refractivity contribution < 1.29 is 27.1 Å². The van der Waals surface area contributed by atoms with Gasteiger partial charge in [-0.05, 0) is 51.0 Å². The molecule has 0 aliphatic carbocycles. The van der Waals surface area contributed by atoms with Crippen LogP contribution in [0.5, 0.6) is 5.75 Å². The van der Waals surface area contributed by atoms with Crippen LogP contribution in [0.1, 0.15) is 38.3 Å². The first-order valence-corrected chi connectivity index (χ1v) is 13.2. The van der Waals surface area contributed by atoms with Crippen LogP contribution in [0.2, 0.25) is 0 Å². The summed E-state index contributed by atoms with van der Waals surface area (Å²) in [5.41, 5.74) is 1.18. The van der Waals surface area contributed by atoms with Crippen LogP contribution < -0.4 is 14.4 Å². The fourth-order valence-electron chi connectivity index (χ4n) is 3.45. The van der Waals surface area contributed by atoms with Gasteiger partial charge in [-0.3, -0.25) is 13.9 Å². The van der Waals surface area contributed by atoms with Gasteiger partial charge in [0.1, 0.15) is 24.2 Å². The minimum Gasteiger partial charge on any atom is -0.495 e. The molecule has 0 heterocycles. The van der Waals surface area contributed by atoms with E-state index in [1.807, 2.05) is 13.8 Å². The zero-order valence-electron chi connectivity index (χ0n) is 21.0. The summed E-state index contributed by atoms with van der Waals surface area (Å²) in [6, 6.07) is 9.83. The van der Waals surface area contributed by atoms with Gasteiger partial charge in [-0.2, -0.15) is 0 Å². The SMILES string of the molecule is CC[C@@H](C)NC(=O)[C@H](C)N(Cc1ccccc1F)C(=O)CN(c1cc(C)ccc1OC)S(C)(=O)=O. The summed E-state index contributed by atoms with van der Waals surface area (Å²) in [6.45, 7) is 6.28. The number of halogens is 1. The smallest absolute Gasteiger partial charge is 0.244 e. The first-order chi connectivity index (χ1) is 16.4. The topological polar surface area (TPSA) is 96.0 Å². The Balaban J connectivity index is 2.47. The van der Waals surface area contributed by atoms with Gasteiger partial charge in [0.25, 0.3) is 0 Å². The van der Waals surface area contributed by atoms with Gasteiger partial charge in [0, 0.05) is 18.2 Å². The molecule has 0 unspecified atom stereocenters. The molecule has 0 saturated heterocycles. The second kappa shape index (κ2) is 12.0. The number of ether oxygens (including phenoxy) is 1. The van der Waals surface area contributed by atoms with E-state index in [-0.39, 0.29) is 29.6 Å². The van der Waals surface area contributed by atoms with E-state index in [9.17, 15) is 22.4 Å². The number of hydrogen-bond donors (Lipinski definition) is 1. The number of rotatable bonds is 11. The highest BCUT2D eigenvalue weighted by molar-refractivity contribution is 7.92. The molecule has 2 rings (SSSR count). The van der Waals surface area contributed by atoms with Crippen molar-refractivity contribution in [1.29, 1.82) is 0 Å². The lowest BCUT2D eigenvalue weighted by atomic mass is 10.1. The zero-order valence-corrected chi connectivity index (χ0v) is 21.9. The van der Waals surface area contributed by atoms with Crippen LogP contribution in [-0.4, -0.2) is 57.1 Å². The van der Waals surface area contributed by atoms with Gasteiger partial charge >= 0.3 is 0 Å². The van der Waals surface area contributed by atoms with E-state index in [0.717, 1.165) is 16.1 Å². The lowest BCUT2D eigenvalue weighted by Gasteiger charge is -2.32. The molecule has 0 bridgehead atoms. The molecular weight excluding hydrogens is 473 g/mol. The number of methoxy groups -OCH3 is 1. The Kier molecular flexibility index (Phi) is 9.64. The van der Waals surface area contributed by atoms with Gasteiger partial charge < -0.3 is 15.0 Å². The van der Waals surface area contributed by atoms with E-state index >= 15 is 0 Å². The predicted octanol–water partition coefficient (Wildman–Crippen LogP) is 3.24. The third-order valence-corrected chi connectivity index (χ3v) is 6.88. The van der Waals surface area contributed by atoms with Crippen molar-refractivity contribution in [1.82, 2.24) is 10.2 Å². The molecule has 2 atom stereocenters. The number of aryl methyl sites for hydroxylation is 1. The molecular formula is C25H34FN3O5S. The van der Waals surface area contributed by atoms with Crippen molar-refractivity contribution in [3.05, 3.63) is 59.4 Å². The van der Waals surface area contributed by atoms with Crippen LogP contribution in [0.15, 0.2) is 42.5 Å². The van der Waals surface area contributed by atoms with Crippen molar-refractivity contribution >= 4 is 27.5 Å². The highest BCUT2D eigenvalue weighted by Gasteiger charge is 2.32. The molecule has 1 N–H and O–H groups in total. The molecule has 10 heteroatoms. The number of amides is 2. The van der Waals surface area contributed by atoms with Crippen LogP contribution in [0.4, 0.5) is 10.1 Å². The minimum atomic E-state index is -3.91. The molecule has 0 aliphatic rings. The maximum absolute atomic E-state index is 14.4. The van der Waals surface area contributed by atoms with E-state index in [1.165, 1.54) is 37.1 Å². The van der Waals surface area contributed by atoms with Crippen molar-refractivity contribution in [2.24, 2.45) is 0 Å². The minimum absolute atomic E-state index is 0.126. The molecule has 8 nitrogen and oxygen atoms in total.